The standard InChI is InChI=1S/C16H22N2/c1-13-6-8-16(12-17,9-7-13)18-11-15-5-3-4-14(2)10-15/h3-5,10,13,18H,6-9,11H2,1-2H3. The molecule has 0 unspecified atom stereocenters. The van der Waals surface area contributed by atoms with Gasteiger partial charge in [-0.3, -0.25) is 5.32 Å². The van der Waals surface area contributed by atoms with Gasteiger partial charge in [0.25, 0.3) is 0 Å². The van der Waals surface area contributed by atoms with Crippen molar-refractivity contribution in [3.8, 4) is 6.07 Å². The predicted molar refractivity (Wildman–Crippen MR) is 74.0 cm³/mol. The van der Waals surface area contributed by atoms with E-state index in [0.29, 0.717) is 0 Å². The van der Waals surface area contributed by atoms with Crippen molar-refractivity contribution in [1.29, 1.82) is 5.26 Å². The van der Waals surface area contributed by atoms with Crippen LogP contribution >= 0.6 is 0 Å². The second-order valence-electron chi connectivity index (χ2n) is 5.72. The Morgan fingerprint density at radius 3 is 2.72 bits per heavy atom. The van der Waals surface area contributed by atoms with E-state index in [-0.39, 0.29) is 5.54 Å². The average Bonchev–Trinajstić information content (AvgIpc) is 2.39. The zero-order valence-electron chi connectivity index (χ0n) is 11.4. The molecule has 0 atom stereocenters. The molecule has 1 aliphatic carbocycles. The lowest BCUT2D eigenvalue weighted by Crippen LogP contribution is -2.46. The molecule has 1 saturated carbocycles. The zero-order valence-corrected chi connectivity index (χ0v) is 11.4. The van der Waals surface area contributed by atoms with Crippen LogP contribution in [-0.4, -0.2) is 5.54 Å². The van der Waals surface area contributed by atoms with Crippen molar-refractivity contribution >= 4 is 0 Å². The van der Waals surface area contributed by atoms with Crippen LogP contribution in [0.1, 0.15) is 43.7 Å². The van der Waals surface area contributed by atoms with E-state index in [1.165, 1.54) is 11.1 Å². The van der Waals surface area contributed by atoms with Gasteiger partial charge < -0.3 is 0 Å². The summed E-state index contributed by atoms with van der Waals surface area (Å²) < 4.78 is 0. The lowest BCUT2D eigenvalue weighted by Gasteiger charge is -2.34. The van der Waals surface area contributed by atoms with Crippen LogP contribution in [0, 0.1) is 24.2 Å². The van der Waals surface area contributed by atoms with Crippen LogP contribution in [0.15, 0.2) is 24.3 Å². The summed E-state index contributed by atoms with van der Waals surface area (Å²) in [5.74, 6) is 0.771. The van der Waals surface area contributed by atoms with Crippen molar-refractivity contribution in [3.05, 3.63) is 35.4 Å². The Kier molecular flexibility index (Phi) is 4.04. The maximum atomic E-state index is 9.45. The zero-order chi connectivity index (χ0) is 13.0. The summed E-state index contributed by atoms with van der Waals surface area (Å²) in [6.45, 7) is 5.18. The monoisotopic (exact) mass is 242 g/mol. The summed E-state index contributed by atoms with van der Waals surface area (Å²) >= 11 is 0. The van der Waals surface area contributed by atoms with Gasteiger partial charge in [0, 0.05) is 6.54 Å². The van der Waals surface area contributed by atoms with E-state index in [2.05, 4.69) is 49.5 Å². The minimum absolute atomic E-state index is 0.295. The molecule has 1 aromatic carbocycles. The smallest absolute Gasteiger partial charge is 0.107 e. The van der Waals surface area contributed by atoms with Gasteiger partial charge in [-0.2, -0.15) is 5.26 Å². The SMILES string of the molecule is Cc1cccc(CNC2(C#N)CCC(C)CC2)c1. The Labute approximate surface area is 110 Å². The van der Waals surface area contributed by atoms with Crippen LogP contribution in [0.5, 0.6) is 0 Å². The molecule has 2 nitrogen and oxygen atoms in total. The van der Waals surface area contributed by atoms with Crippen molar-refractivity contribution < 1.29 is 0 Å². The van der Waals surface area contributed by atoms with E-state index in [1.807, 2.05) is 0 Å². The molecule has 0 radical (unpaired) electrons. The predicted octanol–water partition coefficient (Wildman–Crippen LogP) is 3.56. The number of nitrogens with zero attached hydrogens (tertiary/aromatic N) is 1. The molecule has 2 rings (SSSR count). The number of nitrogens with one attached hydrogen (secondary N) is 1. The summed E-state index contributed by atoms with van der Waals surface area (Å²) in [7, 11) is 0. The second-order valence-corrected chi connectivity index (χ2v) is 5.72. The Hall–Kier alpha value is -1.33. The molecule has 18 heavy (non-hydrogen) atoms. The van der Waals surface area contributed by atoms with Gasteiger partial charge >= 0.3 is 0 Å². The third kappa shape index (κ3) is 3.11. The van der Waals surface area contributed by atoms with Crippen molar-refractivity contribution in [2.75, 3.05) is 0 Å². The molecule has 0 aliphatic heterocycles. The van der Waals surface area contributed by atoms with E-state index in [0.717, 1.165) is 38.1 Å². The van der Waals surface area contributed by atoms with Gasteiger partial charge in [-0.15, -0.1) is 0 Å². The number of rotatable bonds is 3. The van der Waals surface area contributed by atoms with E-state index < -0.39 is 0 Å². The molecule has 0 amide bonds. The summed E-state index contributed by atoms with van der Waals surface area (Å²) in [6, 6.07) is 11.0. The van der Waals surface area contributed by atoms with Gasteiger partial charge in [0.05, 0.1) is 6.07 Å². The van der Waals surface area contributed by atoms with Gasteiger partial charge in [0.15, 0.2) is 0 Å². The van der Waals surface area contributed by atoms with Crippen LogP contribution in [0.4, 0.5) is 0 Å². The van der Waals surface area contributed by atoms with Crippen molar-refractivity contribution in [3.63, 3.8) is 0 Å². The van der Waals surface area contributed by atoms with E-state index in [1.54, 1.807) is 0 Å². The molecule has 0 aromatic heterocycles. The largest absolute Gasteiger partial charge is 0.295 e. The maximum absolute atomic E-state index is 9.45. The molecule has 2 heteroatoms. The maximum Gasteiger partial charge on any atom is 0.107 e. The lowest BCUT2D eigenvalue weighted by atomic mass is 9.78. The summed E-state index contributed by atoms with van der Waals surface area (Å²) in [4.78, 5) is 0. The molecule has 1 N–H and O–H groups in total. The van der Waals surface area contributed by atoms with Gasteiger partial charge in [-0.25, -0.2) is 0 Å². The third-order valence-electron chi connectivity index (χ3n) is 4.06. The van der Waals surface area contributed by atoms with Crippen LogP contribution in [-0.2, 0) is 6.54 Å². The summed E-state index contributed by atoms with van der Waals surface area (Å²) in [6.07, 6.45) is 4.29. The minimum atomic E-state index is -0.295. The van der Waals surface area contributed by atoms with E-state index >= 15 is 0 Å². The summed E-state index contributed by atoms with van der Waals surface area (Å²) in [5, 5.41) is 12.9. The first-order valence-corrected chi connectivity index (χ1v) is 6.85. The fraction of sp³-hybridized carbons (Fsp3) is 0.562. The average molecular weight is 242 g/mol. The van der Waals surface area contributed by atoms with E-state index in [9.17, 15) is 5.26 Å². The van der Waals surface area contributed by atoms with Gasteiger partial charge in [-0.1, -0.05) is 36.8 Å². The Bertz CT molecular complexity index is 437. The molecule has 1 aliphatic rings. The first-order chi connectivity index (χ1) is 8.63. The normalized spacial score (nSPS) is 27.7. The van der Waals surface area contributed by atoms with Crippen molar-refractivity contribution in [2.24, 2.45) is 5.92 Å². The first-order valence-electron chi connectivity index (χ1n) is 6.85. The summed E-state index contributed by atoms with van der Waals surface area (Å²) in [5.41, 5.74) is 2.25. The van der Waals surface area contributed by atoms with Crippen molar-refractivity contribution in [2.45, 2.75) is 51.6 Å². The Morgan fingerprint density at radius 2 is 2.11 bits per heavy atom. The van der Waals surface area contributed by atoms with Crippen LogP contribution in [0.3, 0.4) is 0 Å². The molecule has 0 spiro atoms. The van der Waals surface area contributed by atoms with Gasteiger partial charge in [-0.05, 0) is 44.1 Å². The molecule has 0 heterocycles. The highest BCUT2D eigenvalue weighted by Gasteiger charge is 2.33. The molecule has 0 saturated heterocycles. The Balaban J connectivity index is 1.98. The van der Waals surface area contributed by atoms with Crippen LogP contribution < -0.4 is 5.32 Å². The topological polar surface area (TPSA) is 35.8 Å². The number of nitriles is 1. The van der Waals surface area contributed by atoms with Gasteiger partial charge in [0.1, 0.15) is 5.54 Å². The molecule has 1 fully saturated rings. The molecular formula is C16H22N2. The second kappa shape index (κ2) is 5.54. The third-order valence-corrected chi connectivity index (χ3v) is 4.06. The molecule has 1 aromatic rings. The highest BCUT2D eigenvalue weighted by Crippen LogP contribution is 2.31. The number of hydrogen-bond donors (Lipinski definition) is 1. The van der Waals surface area contributed by atoms with Gasteiger partial charge in [0.2, 0.25) is 0 Å². The molecule has 96 valence electrons. The lowest BCUT2D eigenvalue weighted by molar-refractivity contribution is 0.248. The van der Waals surface area contributed by atoms with Crippen LogP contribution in [0.2, 0.25) is 0 Å². The first kappa shape index (κ1) is 13.1. The minimum Gasteiger partial charge on any atom is -0.295 e. The molecular weight excluding hydrogens is 220 g/mol. The van der Waals surface area contributed by atoms with Crippen molar-refractivity contribution in [1.82, 2.24) is 5.32 Å². The highest BCUT2D eigenvalue weighted by atomic mass is 15.0. The number of aryl methyl sites for hydroxylation is 1. The molecule has 0 bridgehead atoms. The van der Waals surface area contributed by atoms with E-state index in [4.69, 9.17) is 0 Å². The number of benzene rings is 1. The fourth-order valence-corrected chi connectivity index (χ4v) is 2.68. The quantitative estimate of drug-likeness (QED) is 0.879. The fourth-order valence-electron chi connectivity index (χ4n) is 2.68. The number of hydrogen-bond acceptors (Lipinski definition) is 2. The van der Waals surface area contributed by atoms with Crippen LogP contribution in [0.25, 0.3) is 0 Å². The Morgan fingerprint density at radius 1 is 1.39 bits per heavy atom. The highest BCUT2D eigenvalue weighted by molar-refractivity contribution is 5.23.